The number of nitrogens with one attached hydrogen (secondary N) is 1. The third kappa shape index (κ3) is 4.39. The topological polar surface area (TPSA) is 84.9 Å². The van der Waals surface area contributed by atoms with Gasteiger partial charge in [-0.1, -0.05) is 0 Å². The molecule has 2 N–H and O–H groups in total. The first-order valence-electron chi connectivity index (χ1n) is 6.66. The van der Waals surface area contributed by atoms with E-state index in [1.807, 2.05) is 0 Å². The summed E-state index contributed by atoms with van der Waals surface area (Å²) in [5.74, 6) is -1.26. The maximum atomic E-state index is 12.0. The zero-order valence-corrected chi connectivity index (χ0v) is 11.5. The molecular formula is C14H15F2NO5. The molecule has 2 rings (SSSR count). The first-order chi connectivity index (χ1) is 10.5. The number of benzene rings is 1. The van der Waals surface area contributed by atoms with Gasteiger partial charge in [0.25, 0.3) is 12.3 Å². The number of alkyl halides is 2. The third-order valence-corrected chi connectivity index (χ3v) is 3.09. The highest BCUT2D eigenvalue weighted by Gasteiger charge is 2.34. The van der Waals surface area contributed by atoms with Gasteiger partial charge in [0.05, 0.1) is 0 Å². The van der Waals surface area contributed by atoms with E-state index in [1.54, 1.807) is 0 Å². The molecule has 8 heteroatoms. The molecular weight excluding hydrogens is 300 g/mol. The monoisotopic (exact) mass is 315 g/mol. The molecule has 1 aromatic rings. The number of ether oxygens (including phenoxy) is 2. The van der Waals surface area contributed by atoms with Gasteiger partial charge in [-0.05, 0) is 37.1 Å². The largest absolute Gasteiger partial charge is 0.488 e. The Balaban J connectivity index is 1.85. The van der Waals surface area contributed by atoms with Crippen LogP contribution in [0.15, 0.2) is 24.3 Å². The summed E-state index contributed by atoms with van der Waals surface area (Å²) < 4.78 is 33.9. The summed E-state index contributed by atoms with van der Waals surface area (Å²) in [5.41, 5.74) is 0.441. The minimum Gasteiger partial charge on any atom is -0.488 e. The van der Waals surface area contributed by atoms with Crippen molar-refractivity contribution in [3.05, 3.63) is 24.3 Å². The van der Waals surface area contributed by atoms with Crippen LogP contribution in [0.3, 0.4) is 0 Å². The number of carboxylic acids is 1. The molecule has 0 radical (unpaired) electrons. The molecule has 6 nitrogen and oxygen atoms in total. The van der Waals surface area contributed by atoms with Crippen molar-refractivity contribution in [2.45, 2.75) is 31.5 Å². The van der Waals surface area contributed by atoms with E-state index < -0.39 is 37.1 Å². The summed E-state index contributed by atoms with van der Waals surface area (Å²) in [7, 11) is 0. The lowest BCUT2D eigenvalue weighted by molar-refractivity contribution is -0.150. The minimum absolute atomic E-state index is 0.265. The van der Waals surface area contributed by atoms with Crippen LogP contribution in [0, 0.1) is 0 Å². The van der Waals surface area contributed by atoms with E-state index in [-0.39, 0.29) is 12.2 Å². The Morgan fingerprint density at radius 2 is 1.91 bits per heavy atom. The van der Waals surface area contributed by atoms with Gasteiger partial charge < -0.3 is 19.9 Å². The Morgan fingerprint density at radius 1 is 1.27 bits per heavy atom. The second-order valence-corrected chi connectivity index (χ2v) is 4.74. The van der Waals surface area contributed by atoms with Crippen LogP contribution in [0.4, 0.5) is 14.5 Å². The van der Waals surface area contributed by atoms with Crippen LogP contribution in [0.5, 0.6) is 5.75 Å². The fourth-order valence-corrected chi connectivity index (χ4v) is 2.03. The van der Waals surface area contributed by atoms with E-state index in [1.165, 1.54) is 24.3 Å². The third-order valence-electron chi connectivity index (χ3n) is 3.09. The van der Waals surface area contributed by atoms with Gasteiger partial charge in [-0.2, -0.15) is 0 Å². The number of halogens is 2. The minimum atomic E-state index is -2.55. The van der Waals surface area contributed by atoms with Crippen LogP contribution in [0.25, 0.3) is 0 Å². The molecule has 1 aliphatic rings. The van der Waals surface area contributed by atoms with Crippen molar-refractivity contribution in [2.24, 2.45) is 0 Å². The number of anilines is 1. The van der Waals surface area contributed by atoms with E-state index in [2.05, 4.69) is 5.32 Å². The van der Waals surface area contributed by atoms with Crippen molar-refractivity contribution >= 4 is 17.6 Å². The summed E-state index contributed by atoms with van der Waals surface area (Å²) in [5, 5.41) is 11.4. The van der Waals surface area contributed by atoms with E-state index >= 15 is 0 Å². The first kappa shape index (κ1) is 16.2. The molecule has 1 aromatic carbocycles. The Bertz CT molecular complexity index is 535. The van der Waals surface area contributed by atoms with E-state index in [9.17, 15) is 18.4 Å². The Labute approximate surface area is 125 Å². The quantitative estimate of drug-likeness (QED) is 0.837. The fraction of sp³-hybridized carbons (Fsp3) is 0.429. The van der Waals surface area contributed by atoms with Gasteiger partial charge in [0.1, 0.15) is 18.5 Å². The zero-order valence-electron chi connectivity index (χ0n) is 11.5. The van der Waals surface area contributed by atoms with Crippen LogP contribution < -0.4 is 10.1 Å². The van der Waals surface area contributed by atoms with E-state index in [4.69, 9.17) is 14.6 Å². The molecule has 1 heterocycles. The van der Waals surface area contributed by atoms with Crippen molar-refractivity contribution in [1.29, 1.82) is 0 Å². The lowest BCUT2D eigenvalue weighted by Gasteiger charge is -2.12. The number of carbonyl (C=O) groups is 2. The van der Waals surface area contributed by atoms with Crippen molar-refractivity contribution in [1.82, 2.24) is 0 Å². The van der Waals surface area contributed by atoms with Gasteiger partial charge in [-0.25, -0.2) is 13.6 Å². The van der Waals surface area contributed by atoms with Gasteiger partial charge in [-0.15, -0.1) is 0 Å². The van der Waals surface area contributed by atoms with E-state index in [0.717, 1.165) is 0 Å². The smallest absolute Gasteiger partial charge is 0.332 e. The summed E-state index contributed by atoms with van der Waals surface area (Å²) in [6.45, 7) is -0.696. The molecule has 0 bridgehead atoms. The normalized spacial score (nSPS) is 20.9. The zero-order chi connectivity index (χ0) is 16.1. The van der Waals surface area contributed by atoms with Crippen molar-refractivity contribution in [3.8, 4) is 5.75 Å². The van der Waals surface area contributed by atoms with Crippen LogP contribution in [0.1, 0.15) is 12.8 Å². The average Bonchev–Trinajstić information content (AvgIpc) is 2.96. The standard InChI is InChI=1S/C14H15F2NO5/c15-12(16)7-21-9-3-1-8(2-4-9)17-13(18)10-5-6-11(22-10)14(19)20/h1-4,10-12H,5-7H2,(H,17,18)(H,19,20)/t10-,11+/m0/s1. The van der Waals surface area contributed by atoms with Crippen LogP contribution >= 0.6 is 0 Å². The van der Waals surface area contributed by atoms with Gasteiger partial charge >= 0.3 is 5.97 Å². The highest BCUT2D eigenvalue weighted by molar-refractivity contribution is 5.94. The van der Waals surface area contributed by atoms with Gasteiger partial charge in [-0.3, -0.25) is 4.79 Å². The molecule has 2 atom stereocenters. The number of carbonyl (C=O) groups excluding carboxylic acids is 1. The maximum Gasteiger partial charge on any atom is 0.332 e. The van der Waals surface area contributed by atoms with Gasteiger partial charge in [0.15, 0.2) is 6.10 Å². The Hall–Kier alpha value is -2.22. The molecule has 0 aliphatic carbocycles. The lowest BCUT2D eigenvalue weighted by atomic mass is 10.2. The fourth-order valence-electron chi connectivity index (χ4n) is 2.03. The number of hydrogen-bond donors (Lipinski definition) is 2. The summed E-state index contributed by atoms with van der Waals surface area (Å²) >= 11 is 0. The van der Waals surface area contributed by atoms with Crippen LogP contribution in [0.2, 0.25) is 0 Å². The molecule has 1 aliphatic heterocycles. The molecule has 0 aromatic heterocycles. The summed E-state index contributed by atoms with van der Waals surface area (Å²) in [6.07, 6.45) is -3.70. The number of aliphatic carboxylic acids is 1. The molecule has 1 amide bonds. The molecule has 22 heavy (non-hydrogen) atoms. The molecule has 0 unspecified atom stereocenters. The molecule has 1 fully saturated rings. The van der Waals surface area contributed by atoms with Crippen molar-refractivity contribution in [2.75, 3.05) is 11.9 Å². The second-order valence-electron chi connectivity index (χ2n) is 4.74. The number of carboxylic acid groups (broad SMARTS) is 1. The first-order valence-corrected chi connectivity index (χ1v) is 6.66. The summed E-state index contributed by atoms with van der Waals surface area (Å²) in [4.78, 5) is 22.7. The van der Waals surface area contributed by atoms with E-state index in [0.29, 0.717) is 12.1 Å². The molecule has 0 spiro atoms. The van der Waals surface area contributed by atoms with Crippen LogP contribution in [-0.4, -0.2) is 42.2 Å². The predicted molar refractivity (Wildman–Crippen MR) is 72.1 cm³/mol. The molecule has 120 valence electrons. The predicted octanol–water partition coefficient (Wildman–Crippen LogP) is 1.90. The Morgan fingerprint density at radius 3 is 2.45 bits per heavy atom. The molecule has 1 saturated heterocycles. The number of rotatable bonds is 6. The Kier molecular flexibility index (Phi) is 5.26. The summed E-state index contributed by atoms with van der Waals surface area (Å²) in [6, 6.07) is 5.91. The van der Waals surface area contributed by atoms with Gasteiger partial charge in [0.2, 0.25) is 0 Å². The number of amides is 1. The highest BCUT2D eigenvalue weighted by atomic mass is 19.3. The highest BCUT2D eigenvalue weighted by Crippen LogP contribution is 2.22. The lowest BCUT2D eigenvalue weighted by Crippen LogP contribution is -2.29. The average molecular weight is 315 g/mol. The van der Waals surface area contributed by atoms with Crippen LogP contribution in [-0.2, 0) is 14.3 Å². The van der Waals surface area contributed by atoms with Crippen molar-refractivity contribution in [3.63, 3.8) is 0 Å². The number of hydrogen-bond acceptors (Lipinski definition) is 4. The second kappa shape index (κ2) is 7.17. The maximum absolute atomic E-state index is 12.0. The van der Waals surface area contributed by atoms with Gasteiger partial charge in [0, 0.05) is 5.69 Å². The van der Waals surface area contributed by atoms with Crippen molar-refractivity contribution < 1.29 is 33.0 Å². The molecule has 0 saturated carbocycles. The SMILES string of the molecule is O=C(Nc1ccc(OCC(F)F)cc1)[C@@H]1CC[C@H](C(=O)O)O1.